The van der Waals surface area contributed by atoms with Crippen molar-refractivity contribution in [3.8, 4) is 0 Å². The fourth-order valence-corrected chi connectivity index (χ4v) is 2.97. The van der Waals surface area contributed by atoms with Crippen LogP contribution in [0.4, 0.5) is 0 Å². The molecule has 3 heteroatoms. The molecule has 1 N–H and O–H groups in total. The van der Waals surface area contributed by atoms with Gasteiger partial charge in [0.2, 0.25) is 6.33 Å². The van der Waals surface area contributed by atoms with Gasteiger partial charge in [0.1, 0.15) is 18.4 Å². The predicted molar refractivity (Wildman–Crippen MR) is 91.3 cm³/mol. The van der Waals surface area contributed by atoms with Crippen LogP contribution < -0.4 is 21.5 Å². The van der Waals surface area contributed by atoms with Crippen LogP contribution >= 0.6 is 0 Å². The van der Waals surface area contributed by atoms with E-state index in [9.17, 15) is 0 Å². The molecule has 0 radical (unpaired) electrons. The molecule has 128 valence electrons. The Hall–Kier alpha value is -0.570. The number of unbranched alkanes of at least 4 members (excludes halogenated alkanes) is 8. The molecule has 0 aliphatic carbocycles. The molecule has 0 bridgehead atoms. The highest BCUT2D eigenvalue weighted by molar-refractivity contribution is 4.69. The van der Waals surface area contributed by atoms with E-state index in [1.165, 1.54) is 70.6 Å². The van der Waals surface area contributed by atoms with Crippen molar-refractivity contribution in [2.75, 3.05) is 0 Å². The Balaban J connectivity index is 0.00000441. The van der Waals surface area contributed by atoms with Crippen molar-refractivity contribution in [1.82, 2.24) is 4.98 Å². The highest BCUT2D eigenvalue weighted by atomic mass is 79.9. The zero-order valence-electron chi connectivity index (χ0n) is 14.4. The highest BCUT2D eigenvalue weighted by Gasteiger charge is 2.13. The molecule has 1 aromatic heterocycles. The Kier molecular flexibility index (Phi) is 14.9. The molecule has 1 atom stereocenters. The van der Waals surface area contributed by atoms with Crippen molar-refractivity contribution < 1.29 is 21.5 Å². The topological polar surface area (TPSA) is 19.7 Å². The van der Waals surface area contributed by atoms with E-state index in [0.717, 1.165) is 6.42 Å². The standard InChI is InChI=1S/C19H34N2.BrH/c1-3-5-7-8-9-10-11-12-13-15-19(14-6-4-2)21-17-16-20-18-21;/h4,16-19H,2-3,5-15H2,1H3;1H. The van der Waals surface area contributed by atoms with Crippen LogP contribution in [0.1, 0.15) is 90.0 Å². The smallest absolute Gasteiger partial charge is 0.241 e. The van der Waals surface area contributed by atoms with Gasteiger partial charge in [-0.15, -0.1) is 6.58 Å². The first-order valence-electron chi connectivity index (χ1n) is 9.03. The summed E-state index contributed by atoms with van der Waals surface area (Å²) >= 11 is 0. The second-order valence-electron chi connectivity index (χ2n) is 6.20. The summed E-state index contributed by atoms with van der Waals surface area (Å²) in [5, 5.41) is 0. The third-order valence-corrected chi connectivity index (χ3v) is 4.33. The van der Waals surface area contributed by atoms with E-state index in [1.54, 1.807) is 0 Å². The van der Waals surface area contributed by atoms with Crippen molar-refractivity contribution in [3.63, 3.8) is 0 Å². The van der Waals surface area contributed by atoms with Gasteiger partial charge in [0.15, 0.2) is 0 Å². The molecule has 0 aliphatic rings. The first kappa shape index (κ1) is 21.4. The van der Waals surface area contributed by atoms with Gasteiger partial charge >= 0.3 is 0 Å². The lowest BCUT2D eigenvalue weighted by Gasteiger charge is -2.12. The molecule has 0 fully saturated rings. The van der Waals surface area contributed by atoms with E-state index in [1.807, 2.05) is 12.3 Å². The van der Waals surface area contributed by atoms with Crippen LogP contribution in [-0.2, 0) is 0 Å². The van der Waals surface area contributed by atoms with Gasteiger partial charge in [0, 0.05) is 0 Å². The van der Waals surface area contributed by atoms with E-state index in [2.05, 4.69) is 35.6 Å². The Bertz CT molecular complexity index is 335. The van der Waals surface area contributed by atoms with Gasteiger partial charge in [-0.2, -0.15) is 0 Å². The monoisotopic (exact) mass is 370 g/mol. The Morgan fingerprint density at radius 2 is 1.64 bits per heavy atom. The van der Waals surface area contributed by atoms with Crippen molar-refractivity contribution in [1.29, 1.82) is 0 Å². The zero-order chi connectivity index (χ0) is 15.2. The van der Waals surface area contributed by atoms with Gasteiger partial charge in [0.25, 0.3) is 0 Å². The van der Waals surface area contributed by atoms with Crippen LogP contribution in [0.25, 0.3) is 0 Å². The number of aromatic amines is 1. The van der Waals surface area contributed by atoms with E-state index in [0.29, 0.717) is 6.04 Å². The first-order valence-corrected chi connectivity index (χ1v) is 9.03. The number of H-pyrrole nitrogens is 1. The van der Waals surface area contributed by atoms with Crippen LogP contribution in [0.3, 0.4) is 0 Å². The van der Waals surface area contributed by atoms with Crippen LogP contribution in [0, 0.1) is 0 Å². The molecule has 0 saturated heterocycles. The number of hydrogen-bond donors (Lipinski definition) is 1. The predicted octanol–water partition coefficient (Wildman–Crippen LogP) is 2.73. The molecule has 2 nitrogen and oxygen atoms in total. The number of nitrogens with zero attached hydrogens (tertiary/aromatic N) is 1. The van der Waals surface area contributed by atoms with Crippen molar-refractivity contribution in [2.45, 2.75) is 90.0 Å². The molecule has 1 rings (SSSR count). The second-order valence-corrected chi connectivity index (χ2v) is 6.20. The maximum Gasteiger partial charge on any atom is 0.241 e. The maximum atomic E-state index is 3.85. The van der Waals surface area contributed by atoms with Gasteiger partial charge in [0.05, 0.1) is 0 Å². The number of aromatic nitrogens is 2. The molecular weight excluding hydrogens is 336 g/mol. The average Bonchev–Trinajstić information content (AvgIpc) is 3.02. The minimum Gasteiger partial charge on any atom is -1.00 e. The molecule has 0 spiro atoms. The Morgan fingerprint density at radius 3 is 2.18 bits per heavy atom. The summed E-state index contributed by atoms with van der Waals surface area (Å²) in [6, 6.07) is 0.638. The zero-order valence-corrected chi connectivity index (χ0v) is 16.0. The number of imidazole rings is 1. The quantitative estimate of drug-likeness (QED) is 0.295. The second kappa shape index (κ2) is 15.3. The number of rotatable bonds is 14. The molecular formula is C19H35BrN2. The van der Waals surface area contributed by atoms with Crippen LogP contribution in [0.2, 0.25) is 0 Å². The molecule has 22 heavy (non-hydrogen) atoms. The van der Waals surface area contributed by atoms with E-state index >= 15 is 0 Å². The third kappa shape index (κ3) is 10.2. The van der Waals surface area contributed by atoms with Crippen molar-refractivity contribution in [3.05, 3.63) is 31.4 Å². The average molecular weight is 371 g/mol. The summed E-state index contributed by atoms with van der Waals surface area (Å²) in [5.41, 5.74) is 0. The van der Waals surface area contributed by atoms with Crippen molar-refractivity contribution in [2.24, 2.45) is 0 Å². The van der Waals surface area contributed by atoms with E-state index in [4.69, 9.17) is 0 Å². The Morgan fingerprint density at radius 1 is 1.00 bits per heavy atom. The SMILES string of the molecule is C=CCCC(CCCCCCCCCCC)[n+]1cc[nH]c1.[Br-]. The number of allylic oxidation sites excluding steroid dienone is 1. The summed E-state index contributed by atoms with van der Waals surface area (Å²) < 4.78 is 2.33. The summed E-state index contributed by atoms with van der Waals surface area (Å²) in [6.07, 6.45) is 24.6. The van der Waals surface area contributed by atoms with Crippen LogP contribution in [-0.4, -0.2) is 4.98 Å². The molecule has 0 aromatic carbocycles. The fraction of sp³-hybridized carbons (Fsp3) is 0.737. The Labute approximate surface area is 148 Å². The lowest BCUT2D eigenvalue weighted by Crippen LogP contribution is -3.00. The molecule has 0 amide bonds. The normalized spacial score (nSPS) is 11.9. The van der Waals surface area contributed by atoms with Gasteiger partial charge in [-0.3, -0.25) is 4.98 Å². The van der Waals surface area contributed by atoms with Gasteiger partial charge in [-0.25, -0.2) is 4.57 Å². The third-order valence-electron chi connectivity index (χ3n) is 4.33. The summed E-state index contributed by atoms with van der Waals surface area (Å²) in [7, 11) is 0. The summed E-state index contributed by atoms with van der Waals surface area (Å²) in [4.78, 5) is 3.16. The largest absolute Gasteiger partial charge is 1.00 e. The number of halogens is 1. The van der Waals surface area contributed by atoms with Gasteiger partial charge in [-0.05, 0) is 25.7 Å². The van der Waals surface area contributed by atoms with Gasteiger partial charge < -0.3 is 17.0 Å². The molecule has 1 unspecified atom stereocenters. The lowest BCUT2D eigenvalue weighted by atomic mass is 10.0. The van der Waals surface area contributed by atoms with Crippen molar-refractivity contribution >= 4 is 0 Å². The van der Waals surface area contributed by atoms with E-state index in [-0.39, 0.29) is 17.0 Å². The highest BCUT2D eigenvalue weighted by Crippen LogP contribution is 2.17. The number of nitrogens with one attached hydrogen (secondary N) is 1. The summed E-state index contributed by atoms with van der Waals surface area (Å²) in [5.74, 6) is 0. The summed E-state index contributed by atoms with van der Waals surface area (Å²) in [6.45, 7) is 6.13. The van der Waals surface area contributed by atoms with Crippen LogP contribution in [0.15, 0.2) is 31.4 Å². The fourth-order valence-electron chi connectivity index (χ4n) is 2.97. The molecule has 1 heterocycles. The van der Waals surface area contributed by atoms with Gasteiger partial charge in [-0.1, -0.05) is 64.4 Å². The van der Waals surface area contributed by atoms with Crippen LogP contribution in [0.5, 0.6) is 0 Å². The molecule has 0 aliphatic heterocycles. The first-order chi connectivity index (χ1) is 10.4. The lowest BCUT2D eigenvalue weighted by molar-refractivity contribution is -0.723. The molecule has 0 saturated carbocycles. The minimum atomic E-state index is 0. The maximum absolute atomic E-state index is 3.85. The minimum absolute atomic E-state index is 0. The van der Waals surface area contributed by atoms with E-state index < -0.39 is 0 Å². The number of hydrogen-bond acceptors (Lipinski definition) is 0. The molecule has 1 aromatic rings.